The molecule has 0 amide bonds. The lowest BCUT2D eigenvalue weighted by molar-refractivity contribution is 0.460. The van der Waals surface area contributed by atoms with Gasteiger partial charge in [-0.25, -0.2) is 0 Å². The lowest BCUT2D eigenvalue weighted by Crippen LogP contribution is -2.31. The first-order chi connectivity index (χ1) is 7.81. The molecule has 86 valence electrons. The highest BCUT2D eigenvalue weighted by molar-refractivity contribution is 5.32. The van der Waals surface area contributed by atoms with Crippen molar-refractivity contribution in [1.29, 1.82) is 0 Å². The van der Waals surface area contributed by atoms with Gasteiger partial charge >= 0.3 is 0 Å². The van der Waals surface area contributed by atoms with E-state index in [9.17, 15) is 0 Å². The predicted octanol–water partition coefficient (Wildman–Crippen LogP) is 2.99. The summed E-state index contributed by atoms with van der Waals surface area (Å²) in [6.07, 6.45) is 7.99. The third-order valence-electron chi connectivity index (χ3n) is 3.93. The SMILES string of the molecule is Cc1ccc2c(c1)CCC(NC1CC1)CC2. The molecule has 1 N–H and O–H groups in total. The zero-order valence-electron chi connectivity index (χ0n) is 10.1. The van der Waals surface area contributed by atoms with Crippen LogP contribution in [0.3, 0.4) is 0 Å². The number of fused-ring (bicyclic) bond motifs is 1. The second-order valence-electron chi connectivity index (χ2n) is 5.49. The molecule has 1 fully saturated rings. The van der Waals surface area contributed by atoms with Crippen LogP contribution in [0.25, 0.3) is 0 Å². The van der Waals surface area contributed by atoms with Crippen LogP contribution < -0.4 is 5.32 Å². The van der Waals surface area contributed by atoms with Crippen molar-refractivity contribution in [2.75, 3.05) is 0 Å². The summed E-state index contributed by atoms with van der Waals surface area (Å²) in [6.45, 7) is 2.20. The van der Waals surface area contributed by atoms with Crippen LogP contribution in [0.15, 0.2) is 18.2 Å². The van der Waals surface area contributed by atoms with Crippen molar-refractivity contribution in [3.05, 3.63) is 34.9 Å². The van der Waals surface area contributed by atoms with Gasteiger partial charge in [0, 0.05) is 12.1 Å². The summed E-state index contributed by atoms with van der Waals surface area (Å²) < 4.78 is 0. The number of hydrogen-bond acceptors (Lipinski definition) is 1. The van der Waals surface area contributed by atoms with E-state index in [0.29, 0.717) is 0 Å². The van der Waals surface area contributed by atoms with Crippen LogP contribution in [0.2, 0.25) is 0 Å². The smallest absolute Gasteiger partial charge is 0.00759 e. The Bertz CT molecular complexity index is 379. The van der Waals surface area contributed by atoms with Crippen LogP contribution >= 0.6 is 0 Å². The van der Waals surface area contributed by atoms with E-state index in [1.807, 2.05) is 0 Å². The van der Waals surface area contributed by atoms with Crippen molar-refractivity contribution < 1.29 is 0 Å². The zero-order chi connectivity index (χ0) is 11.0. The Morgan fingerprint density at radius 2 is 1.62 bits per heavy atom. The summed E-state index contributed by atoms with van der Waals surface area (Å²) in [5.74, 6) is 0. The summed E-state index contributed by atoms with van der Waals surface area (Å²) in [5.41, 5.74) is 4.60. The van der Waals surface area contributed by atoms with Crippen molar-refractivity contribution in [1.82, 2.24) is 5.32 Å². The highest BCUT2D eigenvalue weighted by Gasteiger charge is 2.25. The van der Waals surface area contributed by atoms with Crippen molar-refractivity contribution in [3.8, 4) is 0 Å². The van der Waals surface area contributed by atoms with Gasteiger partial charge in [0.05, 0.1) is 0 Å². The van der Waals surface area contributed by atoms with Gasteiger partial charge in [0.15, 0.2) is 0 Å². The van der Waals surface area contributed by atoms with Crippen molar-refractivity contribution in [2.45, 2.75) is 57.5 Å². The van der Waals surface area contributed by atoms with Crippen molar-refractivity contribution >= 4 is 0 Å². The molecule has 0 bridgehead atoms. The third-order valence-corrected chi connectivity index (χ3v) is 3.93. The second kappa shape index (κ2) is 4.21. The molecule has 2 aliphatic rings. The highest BCUT2D eigenvalue weighted by atomic mass is 15.0. The first-order valence-corrected chi connectivity index (χ1v) is 6.66. The number of aryl methyl sites for hydroxylation is 3. The Labute approximate surface area is 98.3 Å². The van der Waals surface area contributed by atoms with Crippen LogP contribution in [-0.4, -0.2) is 12.1 Å². The molecular weight excluding hydrogens is 194 g/mol. The van der Waals surface area contributed by atoms with Crippen LogP contribution in [0.4, 0.5) is 0 Å². The first kappa shape index (κ1) is 10.3. The lowest BCUT2D eigenvalue weighted by Gasteiger charge is -2.15. The van der Waals surface area contributed by atoms with E-state index in [0.717, 1.165) is 12.1 Å². The molecule has 3 rings (SSSR count). The molecule has 16 heavy (non-hydrogen) atoms. The van der Waals surface area contributed by atoms with Gasteiger partial charge in [-0.05, 0) is 56.6 Å². The molecule has 0 radical (unpaired) electrons. The summed E-state index contributed by atoms with van der Waals surface area (Å²) in [5, 5.41) is 3.78. The van der Waals surface area contributed by atoms with E-state index in [4.69, 9.17) is 0 Å². The Kier molecular flexibility index (Phi) is 2.72. The van der Waals surface area contributed by atoms with Gasteiger partial charge in [-0.15, -0.1) is 0 Å². The number of benzene rings is 1. The molecule has 1 aromatic carbocycles. The summed E-state index contributed by atoms with van der Waals surface area (Å²) in [7, 11) is 0. The molecule has 1 atom stereocenters. The monoisotopic (exact) mass is 215 g/mol. The minimum atomic E-state index is 0.764. The van der Waals surface area contributed by atoms with Gasteiger partial charge < -0.3 is 5.32 Å². The summed E-state index contributed by atoms with van der Waals surface area (Å²) in [6, 6.07) is 8.60. The largest absolute Gasteiger partial charge is 0.311 e. The maximum absolute atomic E-state index is 3.78. The summed E-state index contributed by atoms with van der Waals surface area (Å²) in [4.78, 5) is 0. The average molecular weight is 215 g/mol. The molecule has 0 aliphatic heterocycles. The molecule has 1 nitrogen and oxygen atoms in total. The Morgan fingerprint density at radius 1 is 0.938 bits per heavy atom. The minimum Gasteiger partial charge on any atom is -0.311 e. The fourth-order valence-corrected chi connectivity index (χ4v) is 2.79. The van der Waals surface area contributed by atoms with E-state index >= 15 is 0 Å². The topological polar surface area (TPSA) is 12.0 Å². The van der Waals surface area contributed by atoms with E-state index in [1.165, 1.54) is 44.1 Å². The Hall–Kier alpha value is -0.820. The third kappa shape index (κ3) is 2.30. The number of hydrogen-bond donors (Lipinski definition) is 1. The molecule has 0 aromatic heterocycles. The normalized spacial score (nSPS) is 24.9. The van der Waals surface area contributed by atoms with Gasteiger partial charge in [-0.1, -0.05) is 23.8 Å². The molecule has 1 saturated carbocycles. The van der Waals surface area contributed by atoms with E-state index in [2.05, 4.69) is 30.4 Å². The Morgan fingerprint density at radius 3 is 2.38 bits per heavy atom. The standard InChI is InChI=1S/C15H21N/c1-11-2-3-12-4-6-14(16-15-8-9-15)7-5-13(12)10-11/h2-3,10,14-16H,4-9H2,1H3. The van der Waals surface area contributed by atoms with Gasteiger partial charge in [0.2, 0.25) is 0 Å². The van der Waals surface area contributed by atoms with Gasteiger partial charge in [-0.3, -0.25) is 0 Å². The van der Waals surface area contributed by atoms with Crippen molar-refractivity contribution in [3.63, 3.8) is 0 Å². The lowest BCUT2D eigenvalue weighted by atomic mass is 10.0. The molecule has 0 saturated heterocycles. The molecule has 0 heterocycles. The van der Waals surface area contributed by atoms with Crippen LogP contribution in [0.5, 0.6) is 0 Å². The molecule has 0 spiro atoms. The average Bonchev–Trinajstić information content (AvgIpc) is 3.08. The van der Waals surface area contributed by atoms with E-state index in [-0.39, 0.29) is 0 Å². The second-order valence-corrected chi connectivity index (χ2v) is 5.49. The van der Waals surface area contributed by atoms with E-state index in [1.54, 1.807) is 11.1 Å². The van der Waals surface area contributed by atoms with Crippen LogP contribution in [0.1, 0.15) is 42.4 Å². The maximum Gasteiger partial charge on any atom is 0.00759 e. The number of nitrogens with one attached hydrogen (secondary N) is 1. The van der Waals surface area contributed by atoms with Crippen molar-refractivity contribution in [2.24, 2.45) is 0 Å². The predicted molar refractivity (Wildman–Crippen MR) is 67.8 cm³/mol. The molecule has 2 aliphatic carbocycles. The van der Waals surface area contributed by atoms with Crippen LogP contribution in [0, 0.1) is 6.92 Å². The van der Waals surface area contributed by atoms with Gasteiger partial charge in [-0.2, -0.15) is 0 Å². The highest BCUT2D eigenvalue weighted by Crippen LogP contribution is 2.25. The minimum absolute atomic E-state index is 0.764. The quantitative estimate of drug-likeness (QED) is 0.748. The molecule has 1 unspecified atom stereocenters. The zero-order valence-corrected chi connectivity index (χ0v) is 10.1. The first-order valence-electron chi connectivity index (χ1n) is 6.66. The summed E-state index contributed by atoms with van der Waals surface area (Å²) >= 11 is 0. The molecule has 1 aromatic rings. The fourth-order valence-electron chi connectivity index (χ4n) is 2.79. The van der Waals surface area contributed by atoms with Gasteiger partial charge in [0.25, 0.3) is 0 Å². The van der Waals surface area contributed by atoms with E-state index < -0.39 is 0 Å². The van der Waals surface area contributed by atoms with Gasteiger partial charge in [0.1, 0.15) is 0 Å². The Balaban J connectivity index is 1.70. The fraction of sp³-hybridized carbons (Fsp3) is 0.600. The van der Waals surface area contributed by atoms with Crippen LogP contribution in [-0.2, 0) is 12.8 Å². The molecule has 1 heteroatoms. The maximum atomic E-state index is 3.78. The number of rotatable bonds is 2. The molecular formula is C15H21N.